The molecule has 2 aromatic rings. The van der Waals surface area contributed by atoms with E-state index < -0.39 is 0 Å². The van der Waals surface area contributed by atoms with Crippen molar-refractivity contribution in [2.24, 2.45) is 0 Å². The van der Waals surface area contributed by atoms with E-state index in [2.05, 4.69) is 20.9 Å². The van der Waals surface area contributed by atoms with E-state index in [4.69, 9.17) is 13.8 Å². The number of hydrogen-bond acceptors (Lipinski definition) is 1. The average Bonchev–Trinajstić information content (AvgIpc) is 2.15. The molecular formula is C11H6BrN. The molecule has 0 fully saturated rings. The maximum Gasteiger partial charge on any atom is 0.0717 e. The van der Waals surface area contributed by atoms with Crippen molar-refractivity contribution in [3.63, 3.8) is 0 Å². The molecule has 13 heavy (non-hydrogen) atoms. The van der Waals surface area contributed by atoms with Gasteiger partial charge in [0.2, 0.25) is 0 Å². The minimum Gasteiger partial charge on any atom is -0.252 e. The fourth-order valence-electron chi connectivity index (χ4n) is 1.20. The van der Waals surface area contributed by atoms with Crippen molar-refractivity contribution in [3.05, 3.63) is 53.8 Å². The van der Waals surface area contributed by atoms with E-state index in [1.165, 1.54) is 0 Å². The van der Waals surface area contributed by atoms with Gasteiger partial charge in [0.15, 0.2) is 0 Å². The molecular weight excluding hydrogens is 226 g/mol. The predicted molar refractivity (Wildman–Crippen MR) is 56.2 cm³/mol. The highest BCUT2D eigenvalue weighted by atomic mass is 79.9. The third-order valence-corrected chi connectivity index (χ3v) is 2.75. The molecule has 2 rings (SSSR count). The lowest BCUT2D eigenvalue weighted by Gasteiger charge is -2.05. The summed E-state index contributed by atoms with van der Waals surface area (Å²) in [6.07, 6.45) is 0. The SMILES string of the molecule is [CH]c1nc2ccccc2c(Br)c1[CH]. The second-order valence-corrected chi connectivity index (χ2v) is 3.53. The number of halogens is 1. The van der Waals surface area contributed by atoms with Gasteiger partial charge in [0.05, 0.1) is 11.2 Å². The largest absolute Gasteiger partial charge is 0.252 e. The molecule has 1 nitrogen and oxygen atoms in total. The molecule has 0 spiro atoms. The summed E-state index contributed by atoms with van der Waals surface area (Å²) in [5.41, 5.74) is 1.71. The van der Waals surface area contributed by atoms with Crippen molar-refractivity contribution in [3.8, 4) is 0 Å². The molecule has 62 valence electrons. The molecule has 0 unspecified atom stereocenters. The van der Waals surface area contributed by atoms with Crippen LogP contribution >= 0.6 is 15.9 Å². The molecule has 1 aromatic carbocycles. The highest BCUT2D eigenvalue weighted by Crippen LogP contribution is 2.27. The minimum absolute atomic E-state index is 0.366. The number of para-hydroxylation sites is 1. The number of benzene rings is 1. The molecule has 2 heteroatoms. The van der Waals surface area contributed by atoms with Gasteiger partial charge in [-0.15, -0.1) is 0 Å². The molecule has 0 aliphatic carbocycles. The Morgan fingerprint density at radius 3 is 2.62 bits per heavy atom. The van der Waals surface area contributed by atoms with Crippen LogP contribution in [0.2, 0.25) is 0 Å². The number of nitrogens with zero attached hydrogens (tertiary/aromatic N) is 1. The van der Waals surface area contributed by atoms with E-state index in [9.17, 15) is 0 Å². The van der Waals surface area contributed by atoms with Gasteiger partial charge in [-0.05, 0) is 27.6 Å². The zero-order chi connectivity index (χ0) is 9.42. The van der Waals surface area contributed by atoms with E-state index in [0.29, 0.717) is 11.3 Å². The van der Waals surface area contributed by atoms with Crippen molar-refractivity contribution < 1.29 is 0 Å². The highest BCUT2D eigenvalue weighted by molar-refractivity contribution is 9.10. The Morgan fingerprint density at radius 2 is 1.85 bits per heavy atom. The molecule has 0 bridgehead atoms. The molecule has 4 radical (unpaired) electrons. The van der Waals surface area contributed by atoms with Crippen molar-refractivity contribution in [1.29, 1.82) is 0 Å². The predicted octanol–water partition coefficient (Wildman–Crippen LogP) is 3.12. The summed E-state index contributed by atoms with van der Waals surface area (Å²) >= 11 is 3.39. The lowest BCUT2D eigenvalue weighted by atomic mass is 10.1. The maximum atomic E-state index is 5.71. The number of fused-ring (bicyclic) bond motifs is 1. The van der Waals surface area contributed by atoms with E-state index in [1.54, 1.807) is 0 Å². The summed E-state index contributed by atoms with van der Waals surface area (Å²) in [5.74, 6) is 0. The van der Waals surface area contributed by atoms with Gasteiger partial charge >= 0.3 is 0 Å². The van der Waals surface area contributed by atoms with Crippen LogP contribution < -0.4 is 0 Å². The van der Waals surface area contributed by atoms with Crippen LogP contribution in [0.5, 0.6) is 0 Å². The topological polar surface area (TPSA) is 12.9 Å². The molecule has 0 saturated heterocycles. The Kier molecular flexibility index (Phi) is 2.08. The van der Waals surface area contributed by atoms with Crippen LogP contribution in [-0.4, -0.2) is 4.98 Å². The number of rotatable bonds is 0. The number of pyridine rings is 1. The fourth-order valence-corrected chi connectivity index (χ4v) is 1.74. The van der Waals surface area contributed by atoms with Gasteiger partial charge in [0, 0.05) is 23.7 Å². The van der Waals surface area contributed by atoms with Crippen molar-refractivity contribution in [1.82, 2.24) is 4.98 Å². The van der Waals surface area contributed by atoms with Gasteiger partial charge in [0.1, 0.15) is 0 Å². The van der Waals surface area contributed by atoms with Gasteiger partial charge in [-0.2, -0.15) is 0 Å². The third kappa shape index (κ3) is 1.35. The van der Waals surface area contributed by atoms with Gasteiger partial charge in [0.25, 0.3) is 0 Å². The third-order valence-electron chi connectivity index (χ3n) is 1.89. The second-order valence-electron chi connectivity index (χ2n) is 2.74. The zero-order valence-electron chi connectivity index (χ0n) is 6.79. The monoisotopic (exact) mass is 231 g/mol. The molecule has 0 aliphatic rings. The number of aromatic nitrogens is 1. The minimum atomic E-state index is 0.366. The van der Waals surface area contributed by atoms with Crippen LogP contribution in [0.25, 0.3) is 10.9 Å². The Labute approximate surface area is 85.9 Å². The van der Waals surface area contributed by atoms with Gasteiger partial charge < -0.3 is 0 Å². The Balaban J connectivity index is 2.94. The quantitative estimate of drug-likeness (QED) is 0.680. The van der Waals surface area contributed by atoms with Crippen LogP contribution in [0.15, 0.2) is 28.7 Å². The first-order valence-electron chi connectivity index (χ1n) is 3.79. The Morgan fingerprint density at radius 1 is 1.15 bits per heavy atom. The van der Waals surface area contributed by atoms with Gasteiger partial charge in [-0.25, -0.2) is 0 Å². The lowest BCUT2D eigenvalue weighted by molar-refractivity contribution is 1.30. The summed E-state index contributed by atoms with van der Waals surface area (Å²) in [7, 11) is 0. The second kappa shape index (κ2) is 3.11. The van der Waals surface area contributed by atoms with Gasteiger partial charge in [-0.3, -0.25) is 4.98 Å². The zero-order valence-corrected chi connectivity index (χ0v) is 8.38. The molecule has 0 atom stereocenters. The van der Waals surface area contributed by atoms with E-state index in [0.717, 1.165) is 15.4 Å². The van der Waals surface area contributed by atoms with Crippen LogP contribution in [0.3, 0.4) is 0 Å². The van der Waals surface area contributed by atoms with Crippen molar-refractivity contribution in [2.45, 2.75) is 0 Å². The van der Waals surface area contributed by atoms with E-state index in [1.807, 2.05) is 24.3 Å². The Bertz CT molecular complexity index is 463. The van der Waals surface area contributed by atoms with Gasteiger partial charge in [-0.1, -0.05) is 18.2 Å². The first-order chi connectivity index (χ1) is 6.20. The summed E-state index contributed by atoms with van der Waals surface area (Å²) < 4.78 is 0.815. The summed E-state index contributed by atoms with van der Waals surface area (Å²) in [6.45, 7) is 11.3. The molecule has 1 aromatic heterocycles. The van der Waals surface area contributed by atoms with Crippen LogP contribution in [0.1, 0.15) is 11.3 Å². The highest BCUT2D eigenvalue weighted by Gasteiger charge is 2.05. The molecule has 1 heterocycles. The number of hydrogen-bond donors (Lipinski definition) is 0. The first-order valence-corrected chi connectivity index (χ1v) is 4.58. The van der Waals surface area contributed by atoms with E-state index in [-0.39, 0.29) is 0 Å². The molecule has 0 N–H and O–H groups in total. The summed E-state index contributed by atoms with van der Waals surface area (Å²) in [5, 5.41) is 0.981. The maximum absolute atomic E-state index is 5.71. The van der Waals surface area contributed by atoms with Crippen LogP contribution in [0.4, 0.5) is 0 Å². The summed E-state index contributed by atoms with van der Waals surface area (Å²) in [4.78, 5) is 4.16. The Hall–Kier alpha value is -0.890. The molecule has 0 aliphatic heterocycles. The first kappa shape index (κ1) is 8.70. The normalized spacial score (nSPS) is 10.7. The van der Waals surface area contributed by atoms with Crippen molar-refractivity contribution >= 4 is 26.8 Å². The molecule has 0 amide bonds. The standard InChI is InChI=1S/C11H6BrN/c1-7-8(2)13-10-6-4-3-5-9(10)11(7)12/h1-6H. The van der Waals surface area contributed by atoms with E-state index >= 15 is 0 Å². The lowest BCUT2D eigenvalue weighted by Crippen LogP contribution is -1.90. The average molecular weight is 232 g/mol. The molecule has 0 saturated carbocycles. The fraction of sp³-hybridized carbons (Fsp3) is 0. The smallest absolute Gasteiger partial charge is 0.0717 e. The van der Waals surface area contributed by atoms with Crippen LogP contribution in [0, 0.1) is 13.8 Å². The summed E-state index contributed by atoms with van der Waals surface area (Å²) in [6, 6.07) is 7.69. The van der Waals surface area contributed by atoms with Crippen molar-refractivity contribution in [2.75, 3.05) is 0 Å². The van der Waals surface area contributed by atoms with Crippen LogP contribution in [-0.2, 0) is 0 Å².